The van der Waals surface area contributed by atoms with Crippen molar-refractivity contribution >= 4 is 28.5 Å². The molecule has 0 bridgehead atoms. The molecule has 0 saturated heterocycles. The largest absolute Gasteiger partial charge is 0.337 e. The monoisotopic (exact) mass is 375 g/mol. The highest BCUT2D eigenvalue weighted by atomic mass is 35.5. The van der Waals surface area contributed by atoms with E-state index in [1.165, 1.54) is 30.1 Å². The van der Waals surface area contributed by atoms with Crippen molar-refractivity contribution in [2.75, 3.05) is 7.05 Å². The summed E-state index contributed by atoms with van der Waals surface area (Å²) in [5.74, 6) is -1.59. The molecule has 0 radical (unpaired) electrons. The third-order valence-electron chi connectivity index (χ3n) is 4.18. The number of halogens is 3. The minimum absolute atomic E-state index is 0.0549. The van der Waals surface area contributed by atoms with Crippen molar-refractivity contribution in [1.29, 1.82) is 0 Å². The summed E-state index contributed by atoms with van der Waals surface area (Å²) in [6, 6.07) is 6.67. The van der Waals surface area contributed by atoms with Crippen LogP contribution in [0.3, 0.4) is 0 Å². The van der Waals surface area contributed by atoms with Crippen LogP contribution in [0.4, 0.5) is 8.78 Å². The molecule has 1 amide bonds. The van der Waals surface area contributed by atoms with E-state index in [0.717, 1.165) is 6.07 Å². The number of carbonyl (C=O) groups excluding carboxylic acids is 1. The number of benzene rings is 2. The Morgan fingerprint density at radius 3 is 2.54 bits per heavy atom. The molecule has 0 saturated carbocycles. The summed E-state index contributed by atoms with van der Waals surface area (Å²) in [7, 11) is 1.50. The number of rotatable bonds is 3. The van der Waals surface area contributed by atoms with Crippen LogP contribution in [-0.2, 0) is 6.54 Å². The highest BCUT2D eigenvalue weighted by Gasteiger charge is 2.20. The van der Waals surface area contributed by atoms with Crippen LogP contribution in [0, 0.1) is 25.5 Å². The molecule has 4 nitrogen and oxygen atoms in total. The van der Waals surface area contributed by atoms with Gasteiger partial charge in [0.25, 0.3) is 5.91 Å². The fraction of sp³-hybridized carbons (Fsp3) is 0.211. The fourth-order valence-corrected chi connectivity index (χ4v) is 2.88. The predicted molar refractivity (Wildman–Crippen MR) is 96.2 cm³/mol. The molecule has 0 unspecified atom stereocenters. The first-order valence-corrected chi connectivity index (χ1v) is 8.28. The van der Waals surface area contributed by atoms with Gasteiger partial charge in [-0.3, -0.25) is 4.79 Å². The second-order valence-electron chi connectivity index (χ2n) is 6.08. The van der Waals surface area contributed by atoms with E-state index in [2.05, 4.69) is 9.97 Å². The van der Waals surface area contributed by atoms with Crippen LogP contribution in [0.5, 0.6) is 0 Å². The Kier molecular flexibility index (Phi) is 4.87. The van der Waals surface area contributed by atoms with Crippen LogP contribution in [0.1, 0.15) is 27.3 Å². The first-order valence-electron chi connectivity index (χ1n) is 7.90. The van der Waals surface area contributed by atoms with Crippen molar-refractivity contribution in [2.45, 2.75) is 20.4 Å². The third-order valence-corrected chi connectivity index (χ3v) is 4.53. The van der Waals surface area contributed by atoms with Gasteiger partial charge >= 0.3 is 0 Å². The molecule has 0 aliphatic carbocycles. The van der Waals surface area contributed by atoms with Gasteiger partial charge in [-0.1, -0.05) is 17.7 Å². The minimum atomic E-state index is -0.587. The number of hydrogen-bond acceptors (Lipinski definition) is 3. The van der Waals surface area contributed by atoms with Gasteiger partial charge in [-0.05, 0) is 32.0 Å². The van der Waals surface area contributed by atoms with E-state index in [1.807, 2.05) is 0 Å². The first kappa shape index (κ1) is 18.2. The highest BCUT2D eigenvalue weighted by molar-refractivity contribution is 6.31. The smallest absolute Gasteiger partial charge is 0.256 e. The molecular formula is C19H16ClF2N3O. The lowest BCUT2D eigenvalue weighted by Gasteiger charge is -2.19. The van der Waals surface area contributed by atoms with Crippen LogP contribution < -0.4 is 0 Å². The number of aromatic nitrogens is 2. The SMILES string of the molecule is Cc1nc2cc(F)cc(C(=O)N(C)Cc3c(F)cccc3Cl)c2nc1C. The Balaban J connectivity index is 2.03. The Labute approximate surface area is 154 Å². The Bertz CT molecular complexity index is 1000. The second kappa shape index (κ2) is 6.96. The number of fused-ring (bicyclic) bond motifs is 1. The Morgan fingerprint density at radius 1 is 1.15 bits per heavy atom. The minimum Gasteiger partial charge on any atom is -0.337 e. The molecule has 0 fully saturated rings. The van der Waals surface area contributed by atoms with Gasteiger partial charge in [-0.25, -0.2) is 18.7 Å². The van der Waals surface area contributed by atoms with Crippen molar-refractivity contribution in [3.63, 3.8) is 0 Å². The molecule has 134 valence electrons. The maximum atomic E-state index is 14.0. The van der Waals surface area contributed by atoms with Crippen molar-refractivity contribution in [3.05, 3.63) is 69.5 Å². The van der Waals surface area contributed by atoms with Crippen molar-refractivity contribution < 1.29 is 13.6 Å². The quantitative estimate of drug-likeness (QED) is 0.679. The maximum Gasteiger partial charge on any atom is 0.256 e. The van der Waals surface area contributed by atoms with Gasteiger partial charge in [0.2, 0.25) is 0 Å². The van der Waals surface area contributed by atoms with Crippen molar-refractivity contribution in [1.82, 2.24) is 14.9 Å². The van der Waals surface area contributed by atoms with E-state index in [-0.39, 0.29) is 22.7 Å². The van der Waals surface area contributed by atoms with Crippen molar-refractivity contribution in [3.8, 4) is 0 Å². The van der Waals surface area contributed by atoms with E-state index >= 15 is 0 Å². The van der Waals surface area contributed by atoms with Gasteiger partial charge in [0.05, 0.1) is 22.5 Å². The molecule has 3 rings (SSSR count). The summed E-state index contributed by atoms with van der Waals surface area (Å²) in [4.78, 5) is 22.8. The fourth-order valence-electron chi connectivity index (χ4n) is 2.66. The third kappa shape index (κ3) is 3.37. The zero-order valence-corrected chi connectivity index (χ0v) is 15.2. The zero-order chi connectivity index (χ0) is 19.0. The lowest BCUT2D eigenvalue weighted by Crippen LogP contribution is -2.27. The number of carbonyl (C=O) groups is 1. The van der Waals surface area contributed by atoms with E-state index in [4.69, 9.17) is 11.6 Å². The van der Waals surface area contributed by atoms with Crippen LogP contribution in [-0.4, -0.2) is 27.8 Å². The number of hydrogen-bond donors (Lipinski definition) is 0. The standard InChI is InChI=1S/C19H16ClF2N3O/c1-10-11(2)24-18-13(7-12(21)8-17(18)23-10)19(26)25(3)9-14-15(20)5-4-6-16(14)22/h4-8H,9H2,1-3H3. The molecule has 1 heterocycles. The topological polar surface area (TPSA) is 46.1 Å². The maximum absolute atomic E-state index is 14.0. The highest BCUT2D eigenvalue weighted by Crippen LogP contribution is 2.24. The summed E-state index contributed by atoms with van der Waals surface area (Å²) >= 11 is 6.02. The number of amides is 1. The molecular weight excluding hydrogens is 360 g/mol. The van der Waals surface area contributed by atoms with E-state index in [0.29, 0.717) is 22.4 Å². The zero-order valence-electron chi connectivity index (χ0n) is 14.5. The molecule has 0 atom stereocenters. The molecule has 1 aromatic heterocycles. The van der Waals surface area contributed by atoms with Gasteiger partial charge in [0, 0.05) is 30.2 Å². The lowest BCUT2D eigenvalue weighted by molar-refractivity contribution is 0.0785. The van der Waals surface area contributed by atoms with E-state index < -0.39 is 17.5 Å². The summed E-state index contributed by atoms with van der Waals surface area (Å²) in [5.41, 5.74) is 2.19. The second-order valence-corrected chi connectivity index (χ2v) is 6.48. The van der Waals surface area contributed by atoms with Gasteiger partial charge in [-0.15, -0.1) is 0 Å². The summed E-state index contributed by atoms with van der Waals surface area (Å²) < 4.78 is 28.0. The normalized spacial score (nSPS) is 11.0. The molecule has 2 aromatic carbocycles. The molecule has 0 N–H and O–H groups in total. The van der Waals surface area contributed by atoms with Crippen molar-refractivity contribution in [2.24, 2.45) is 0 Å². The Morgan fingerprint density at radius 2 is 1.85 bits per heavy atom. The molecule has 26 heavy (non-hydrogen) atoms. The van der Waals surface area contributed by atoms with Crippen LogP contribution in [0.25, 0.3) is 11.0 Å². The lowest BCUT2D eigenvalue weighted by atomic mass is 10.1. The van der Waals surface area contributed by atoms with Crippen LogP contribution >= 0.6 is 11.6 Å². The van der Waals surface area contributed by atoms with Gasteiger partial charge < -0.3 is 4.90 Å². The van der Waals surface area contributed by atoms with Crippen LogP contribution in [0.2, 0.25) is 5.02 Å². The summed E-state index contributed by atoms with van der Waals surface area (Å²) in [6.45, 7) is 3.48. The van der Waals surface area contributed by atoms with Gasteiger partial charge in [-0.2, -0.15) is 0 Å². The molecule has 7 heteroatoms. The van der Waals surface area contributed by atoms with E-state index in [1.54, 1.807) is 19.9 Å². The Hall–Kier alpha value is -2.60. The molecule has 0 aliphatic heterocycles. The van der Waals surface area contributed by atoms with Gasteiger partial charge in [0.1, 0.15) is 17.2 Å². The van der Waals surface area contributed by atoms with Gasteiger partial charge in [0.15, 0.2) is 0 Å². The van der Waals surface area contributed by atoms with Crippen LogP contribution in [0.15, 0.2) is 30.3 Å². The molecule has 0 aliphatic rings. The molecule has 3 aromatic rings. The summed E-state index contributed by atoms with van der Waals surface area (Å²) in [5, 5.41) is 0.222. The number of nitrogens with zero attached hydrogens (tertiary/aromatic N) is 3. The molecule has 0 spiro atoms. The first-order chi connectivity index (χ1) is 12.3. The average molecular weight is 376 g/mol. The predicted octanol–water partition coefficient (Wildman–Crippen LogP) is 4.45. The number of aryl methyl sites for hydroxylation is 2. The average Bonchev–Trinajstić information content (AvgIpc) is 2.58. The summed E-state index contributed by atoms with van der Waals surface area (Å²) in [6.07, 6.45) is 0. The van der Waals surface area contributed by atoms with E-state index in [9.17, 15) is 13.6 Å².